The average molecular weight is 403 g/mol. The quantitative estimate of drug-likeness (QED) is 0.607. The summed E-state index contributed by atoms with van der Waals surface area (Å²) in [5.74, 6) is -0.225. The van der Waals surface area contributed by atoms with Gasteiger partial charge in [-0.05, 0) is 36.8 Å². The van der Waals surface area contributed by atoms with Crippen molar-refractivity contribution in [2.45, 2.75) is 17.0 Å². The molecule has 0 atom stereocenters. The van der Waals surface area contributed by atoms with E-state index in [2.05, 4.69) is 15.4 Å². The van der Waals surface area contributed by atoms with Crippen LogP contribution < -0.4 is 10.5 Å². The Labute approximate surface area is 160 Å². The van der Waals surface area contributed by atoms with Crippen LogP contribution in [0.3, 0.4) is 0 Å². The summed E-state index contributed by atoms with van der Waals surface area (Å²) < 4.78 is 24.8. The van der Waals surface area contributed by atoms with E-state index in [1.165, 1.54) is 17.8 Å². The van der Waals surface area contributed by atoms with E-state index in [0.717, 1.165) is 5.69 Å². The van der Waals surface area contributed by atoms with Crippen LogP contribution in [0.5, 0.6) is 0 Å². The van der Waals surface area contributed by atoms with Crippen molar-refractivity contribution in [2.24, 2.45) is 5.14 Å². The Morgan fingerprint density at radius 2 is 1.96 bits per heavy atom. The minimum atomic E-state index is -3.85. The fourth-order valence-electron chi connectivity index (χ4n) is 2.33. The molecule has 27 heavy (non-hydrogen) atoms. The third-order valence-corrected chi connectivity index (χ3v) is 5.51. The van der Waals surface area contributed by atoms with E-state index in [0.29, 0.717) is 16.4 Å². The van der Waals surface area contributed by atoms with Crippen LogP contribution in [0, 0.1) is 6.92 Å². The molecule has 0 spiro atoms. The first-order chi connectivity index (χ1) is 12.8. The first-order valence-corrected chi connectivity index (χ1v) is 10.4. The SMILES string of the molecule is Cc1ccc(NC(=O)CSc2ncn(-c3ccccc3)n2)cc1S(N)(=O)=O. The van der Waals surface area contributed by atoms with Gasteiger partial charge in [0.2, 0.25) is 21.1 Å². The first kappa shape index (κ1) is 19.1. The van der Waals surface area contributed by atoms with Gasteiger partial charge in [0.25, 0.3) is 0 Å². The van der Waals surface area contributed by atoms with E-state index in [-0.39, 0.29) is 16.6 Å². The normalized spacial score (nSPS) is 11.3. The van der Waals surface area contributed by atoms with Crippen LogP contribution in [0.15, 0.2) is 64.9 Å². The summed E-state index contributed by atoms with van der Waals surface area (Å²) in [7, 11) is -3.85. The smallest absolute Gasteiger partial charge is 0.238 e. The predicted octanol–water partition coefficient (Wildman–Crippen LogP) is 1.95. The number of rotatable bonds is 6. The Bertz CT molecular complexity index is 1070. The molecule has 1 amide bonds. The molecule has 0 bridgehead atoms. The summed E-state index contributed by atoms with van der Waals surface area (Å²) >= 11 is 1.18. The second-order valence-corrected chi connectivity index (χ2v) is 8.14. The van der Waals surface area contributed by atoms with Crippen molar-refractivity contribution in [1.29, 1.82) is 0 Å². The van der Waals surface area contributed by atoms with Crippen molar-refractivity contribution in [3.05, 3.63) is 60.4 Å². The topological polar surface area (TPSA) is 120 Å². The maximum Gasteiger partial charge on any atom is 0.238 e. The maximum absolute atomic E-state index is 12.1. The average Bonchev–Trinajstić information content (AvgIpc) is 3.10. The number of amides is 1. The number of nitrogens with zero attached hydrogens (tertiary/aromatic N) is 3. The highest BCUT2D eigenvalue weighted by Crippen LogP contribution is 2.20. The molecular weight excluding hydrogens is 386 g/mol. The van der Waals surface area contributed by atoms with Gasteiger partial charge in [0.1, 0.15) is 6.33 Å². The van der Waals surface area contributed by atoms with Gasteiger partial charge in [-0.25, -0.2) is 23.2 Å². The molecule has 3 aromatic rings. The summed E-state index contributed by atoms with van der Waals surface area (Å²) in [6.07, 6.45) is 1.58. The van der Waals surface area contributed by atoms with Gasteiger partial charge in [0, 0.05) is 5.69 Å². The largest absolute Gasteiger partial charge is 0.325 e. The molecule has 0 aliphatic rings. The molecule has 3 rings (SSSR count). The highest BCUT2D eigenvalue weighted by atomic mass is 32.2. The molecule has 0 saturated heterocycles. The molecule has 0 aliphatic heterocycles. The Kier molecular flexibility index (Phi) is 5.59. The number of thioether (sulfide) groups is 1. The lowest BCUT2D eigenvalue weighted by Crippen LogP contribution is -2.17. The number of sulfonamides is 1. The van der Waals surface area contributed by atoms with E-state index in [9.17, 15) is 13.2 Å². The number of para-hydroxylation sites is 1. The zero-order chi connectivity index (χ0) is 19.4. The van der Waals surface area contributed by atoms with Crippen LogP contribution in [0.2, 0.25) is 0 Å². The minimum Gasteiger partial charge on any atom is -0.325 e. The molecule has 8 nitrogen and oxygen atoms in total. The van der Waals surface area contributed by atoms with Gasteiger partial charge in [-0.15, -0.1) is 5.10 Å². The van der Waals surface area contributed by atoms with E-state index in [4.69, 9.17) is 5.14 Å². The maximum atomic E-state index is 12.1. The van der Waals surface area contributed by atoms with Gasteiger partial charge in [0.15, 0.2) is 0 Å². The van der Waals surface area contributed by atoms with Gasteiger partial charge >= 0.3 is 0 Å². The Balaban J connectivity index is 1.62. The number of carbonyl (C=O) groups is 1. The van der Waals surface area contributed by atoms with Crippen LogP contribution in [0.4, 0.5) is 5.69 Å². The number of primary sulfonamides is 1. The summed E-state index contributed by atoms with van der Waals surface area (Å²) in [5.41, 5.74) is 1.75. The molecule has 0 saturated carbocycles. The van der Waals surface area contributed by atoms with Crippen LogP contribution in [0.25, 0.3) is 5.69 Å². The van der Waals surface area contributed by atoms with Crippen LogP contribution in [0.1, 0.15) is 5.56 Å². The number of nitrogens with one attached hydrogen (secondary N) is 1. The second-order valence-electron chi connectivity index (χ2n) is 5.67. The van der Waals surface area contributed by atoms with E-state index in [1.54, 1.807) is 30.1 Å². The van der Waals surface area contributed by atoms with Crippen molar-refractivity contribution in [2.75, 3.05) is 11.1 Å². The third-order valence-electron chi connectivity index (χ3n) is 3.60. The monoisotopic (exact) mass is 403 g/mol. The fraction of sp³-hybridized carbons (Fsp3) is 0.118. The lowest BCUT2D eigenvalue weighted by molar-refractivity contribution is -0.113. The zero-order valence-corrected chi connectivity index (χ0v) is 16.0. The Hall–Kier alpha value is -2.69. The molecule has 140 valence electrons. The number of aromatic nitrogens is 3. The lowest BCUT2D eigenvalue weighted by atomic mass is 10.2. The van der Waals surface area contributed by atoms with Gasteiger partial charge in [-0.3, -0.25) is 4.79 Å². The molecule has 1 heterocycles. The number of nitrogens with two attached hydrogens (primary N) is 1. The highest BCUT2D eigenvalue weighted by molar-refractivity contribution is 7.99. The summed E-state index contributed by atoms with van der Waals surface area (Å²) in [6.45, 7) is 1.63. The molecule has 0 fully saturated rings. The van der Waals surface area contributed by atoms with Crippen molar-refractivity contribution in [1.82, 2.24) is 14.8 Å². The molecule has 2 aromatic carbocycles. The summed E-state index contributed by atoms with van der Waals surface area (Å²) in [4.78, 5) is 16.3. The number of hydrogen-bond donors (Lipinski definition) is 2. The third kappa shape index (κ3) is 4.94. The highest BCUT2D eigenvalue weighted by Gasteiger charge is 2.14. The molecule has 3 N–H and O–H groups in total. The zero-order valence-electron chi connectivity index (χ0n) is 14.4. The lowest BCUT2D eigenvalue weighted by Gasteiger charge is -2.08. The molecule has 0 aliphatic carbocycles. The standard InChI is InChI=1S/C17H17N5O3S2/c1-12-7-8-13(9-15(12)27(18,24)25)20-16(23)10-26-17-19-11-22(21-17)14-5-3-2-4-6-14/h2-9,11H,10H2,1H3,(H,20,23)(H2,18,24,25). The second kappa shape index (κ2) is 7.91. The minimum absolute atomic E-state index is 0.0174. The molecule has 10 heteroatoms. The number of carbonyl (C=O) groups excluding carboxylic acids is 1. The van der Waals surface area contributed by atoms with Crippen LogP contribution in [-0.4, -0.2) is 34.8 Å². The number of aryl methyl sites for hydroxylation is 1. The predicted molar refractivity (Wildman–Crippen MR) is 103 cm³/mol. The van der Waals surface area contributed by atoms with Gasteiger partial charge in [-0.2, -0.15) is 0 Å². The number of benzene rings is 2. The van der Waals surface area contributed by atoms with Crippen molar-refractivity contribution in [3.8, 4) is 5.69 Å². The van der Waals surface area contributed by atoms with Crippen LogP contribution in [-0.2, 0) is 14.8 Å². The number of hydrogen-bond acceptors (Lipinski definition) is 6. The van der Waals surface area contributed by atoms with Crippen LogP contribution >= 0.6 is 11.8 Å². The summed E-state index contributed by atoms with van der Waals surface area (Å²) in [6, 6.07) is 14.1. The molecule has 0 radical (unpaired) electrons. The fourth-order valence-corrected chi connectivity index (χ4v) is 3.74. The molecule has 0 unspecified atom stereocenters. The van der Waals surface area contributed by atoms with Crippen molar-refractivity contribution in [3.63, 3.8) is 0 Å². The van der Waals surface area contributed by atoms with Crippen molar-refractivity contribution < 1.29 is 13.2 Å². The van der Waals surface area contributed by atoms with Crippen molar-refractivity contribution >= 4 is 33.4 Å². The van der Waals surface area contributed by atoms with Gasteiger partial charge in [0.05, 0.1) is 16.3 Å². The van der Waals surface area contributed by atoms with Gasteiger partial charge in [-0.1, -0.05) is 36.0 Å². The summed E-state index contributed by atoms with van der Waals surface area (Å²) in [5, 5.41) is 12.6. The van der Waals surface area contributed by atoms with E-state index < -0.39 is 10.0 Å². The van der Waals surface area contributed by atoms with E-state index in [1.807, 2.05) is 30.3 Å². The Morgan fingerprint density at radius 1 is 1.22 bits per heavy atom. The van der Waals surface area contributed by atoms with E-state index >= 15 is 0 Å². The number of anilines is 1. The molecular formula is C17H17N5O3S2. The van der Waals surface area contributed by atoms with Gasteiger partial charge < -0.3 is 5.32 Å². The Morgan fingerprint density at radius 3 is 2.67 bits per heavy atom. The molecule has 1 aromatic heterocycles. The first-order valence-electron chi connectivity index (χ1n) is 7.86.